The molecule has 0 saturated carbocycles. The van der Waals surface area contributed by atoms with E-state index < -0.39 is 5.97 Å². The summed E-state index contributed by atoms with van der Waals surface area (Å²) < 4.78 is 4.91. The van der Waals surface area contributed by atoms with Crippen LogP contribution >= 0.6 is 0 Å². The molecule has 0 spiro atoms. The highest BCUT2D eigenvalue weighted by molar-refractivity contribution is 5.85. The van der Waals surface area contributed by atoms with Gasteiger partial charge in [-0.2, -0.15) is 0 Å². The molecular weight excluding hydrogens is 168 g/mol. The van der Waals surface area contributed by atoms with E-state index in [0.29, 0.717) is 5.75 Å². The van der Waals surface area contributed by atoms with Gasteiger partial charge in [0, 0.05) is 12.1 Å². The first-order chi connectivity index (χ1) is 6.29. The number of hydrogen-bond acceptors (Lipinski definition) is 2. The van der Waals surface area contributed by atoms with Gasteiger partial charge in [-0.1, -0.05) is 6.58 Å². The Morgan fingerprint density at radius 2 is 2.15 bits per heavy atom. The number of ether oxygens (including phenoxy) is 1. The van der Waals surface area contributed by atoms with Crippen molar-refractivity contribution < 1.29 is 9.53 Å². The number of H-pyrrole nitrogens is 2. The van der Waals surface area contributed by atoms with Gasteiger partial charge in [0.1, 0.15) is 5.75 Å². The minimum Gasteiger partial charge on any atom is -0.423 e. The Labute approximate surface area is 74.2 Å². The summed E-state index contributed by atoms with van der Waals surface area (Å²) in [5.41, 5.74) is 1.92. The normalized spacial score (nSPS) is 10.2. The van der Waals surface area contributed by atoms with Crippen LogP contribution in [0.4, 0.5) is 0 Å². The Hall–Kier alpha value is -1.97. The average Bonchev–Trinajstić information content (AvgIpc) is 2.10. The van der Waals surface area contributed by atoms with Gasteiger partial charge in [-0.3, -0.25) is 10.2 Å². The molecule has 4 nitrogen and oxygen atoms in total. The average molecular weight is 176 g/mol. The van der Waals surface area contributed by atoms with Crippen LogP contribution in [0.2, 0.25) is 0 Å². The fourth-order valence-electron chi connectivity index (χ4n) is 1.03. The maximum atomic E-state index is 10.8. The van der Waals surface area contributed by atoms with Crippen molar-refractivity contribution in [3.05, 3.63) is 30.9 Å². The Balaban J connectivity index is 2.25. The second kappa shape index (κ2) is 2.82. The molecule has 0 atom stereocenters. The molecule has 0 saturated heterocycles. The van der Waals surface area contributed by atoms with Crippen molar-refractivity contribution in [1.29, 1.82) is 0 Å². The van der Waals surface area contributed by atoms with Crippen LogP contribution in [-0.4, -0.2) is 16.2 Å². The Bertz CT molecular complexity index is 453. The van der Waals surface area contributed by atoms with Crippen molar-refractivity contribution in [2.45, 2.75) is 0 Å². The Morgan fingerprint density at radius 1 is 1.38 bits per heavy atom. The topological polar surface area (TPSA) is 57.9 Å². The van der Waals surface area contributed by atoms with Crippen LogP contribution in [-0.2, 0) is 4.79 Å². The number of aromatic nitrogens is 2. The van der Waals surface area contributed by atoms with E-state index in [-0.39, 0.29) is 0 Å². The zero-order chi connectivity index (χ0) is 9.26. The van der Waals surface area contributed by atoms with E-state index in [1.165, 1.54) is 0 Å². The van der Waals surface area contributed by atoms with Crippen molar-refractivity contribution >= 4 is 17.0 Å². The van der Waals surface area contributed by atoms with Gasteiger partial charge in [0.25, 0.3) is 0 Å². The molecule has 0 amide bonds. The molecule has 2 aromatic rings. The third-order valence-electron chi connectivity index (χ3n) is 1.71. The molecule has 0 unspecified atom stereocenters. The molecule has 1 aromatic heterocycles. The Morgan fingerprint density at radius 3 is 2.69 bits per heavy atom. The van der Waals surface area contributed by atoms with Crippen molar-refractivity contribution in [2.75, 3.05) is 0 Å². The quantitative estimate of drug-likeness (QED) is 0.414. The van der Waals surface area contributed by atoms with Crippen LogP contribution in [0.15, 0.2) is 30.9 Å². The molecule has 0 fully saturated rings. The zero-order valence-electron chi connectivity index (χ0n) is 6.83. The molecule has 0 radical (unpaired) electrons. The summed E-state index contributed by atoms with van der Waals surface area (Å²) in [6, 6.07) is 5.29. The third-order valence-corrected chi connectivity index (χ3v) is 1.71. The second-order valence-corrected chi connectivity index (χ2v) is 2.58. The van der Waals surface area contributed by atoms with Gasteiger partial charge >= 0.3 is 5.97 Å². The molecule has 1 aromatic carbocycles. The monoisotopic (exact) mass is 176 g/mol. The number of fused-ring (bicyclic) bond motifs is 1. The first kappa shape index (κ1) is 7.67. The minimum atomic E-state index is -0.452. The highest BCUT2D eigenvalue weighted by atomic mass is 16.5. The predicted molar refractivity (Wildman–Crippen MR) is 48.5 cm³/mol. The van der Waals surface area contributed by atoms with Crippen LogP contribution in [0.5, 0.6) is 5.75 Å². The fraction of sp³-hybridized carbons (Fsp3) is 0. The maximum absolute atomic E-state index is 10.8. The molecule has 2 N–H and O–H groups in total. The summed E-state index contributed by atoms with van der Waals surface area (Å²) >= 11 is 0. The van der Waals surface area contributed by atoms with Gasteiger partial charge in [-0.25, -0.2) is 4.79 Å². The van der Waals surface area contributed by atoms with E-state index in [1.807, 2.05) is 6.07 Å². The SMILES string of the molecule is C=CC(=O)Oc1ccc2[nH][nH]c2c1. The molecule has 66 valence electrons. The molecule has 0 bridgehead atoms. The zero-order valence-corrected chi connectivity index (χ0v) is 6.83. The Kier molecular flexibility index (Phi) is 1.66. The van der Waals surface area contributed by atoms with E-state index in [4.69, 9.17) is 4.74 Å². The van der Waals surface area contributed by atoms with Crippen LogP contribution in [0.1, 0.15) is 0 Å². The number of rotatable bonds is 2. The summed E-state index contributed by atoms with van der Waals surface area (Å²) in [5.74, 6) is 0.0601. The van der Waals surface area contributed by atoms with Gasteiger partial charge in [-0.15, -0.1) is 0 Å². The molecule has 0 aliphatic heterocycles. The van der Waals surface area contributed by atoms with Crippen molar-refractivity contribution in [1.82, 2.24) is 10.2 Å². The molecule has 2 rings (SSSR count). The van der Waals surface area contributed by atoms with E-state index in [2.05, 4.69) is 16.8 Å². The van der Waals surface area contributed by atoms with Gasteiger partial charge in [-0.05, 0) is 12.1 Å². The number of carbonyl (C=O) groups excluding carboxylic acids is 1. The standard InChI is InChI=1S/C9H8N2O2/c1-2-9(12)13-6-3-4-7-8(5-6)11-10-7/h2-5,10-11H,1H2. The summed E-state index contributed by atoms with van der Waals surface area (Å²) in [5, 5.41) is 5.73. The summed E-state index contributed by atoms with van der Waals surface area (Å²) in [4.78, 5) is 10.8. The molecule has 1 heterocycles. The van der Waals surface area contributed by atoms with Crippen molar-refractivity contribution in [3.63, 3.8) is 0 Å². The van der Waals surface area contributed by atoms with Gasteiger partial charge < -0.3 is 4.74 Å². The van der Waals surface area contributed by atoms with E-state index >= 15 is 0 Å². The number of nitrogens with one attached hydrogen (secondary N) is 2. The molecule has 0 aliphatic carbocycles. The third kappa shape index (κ3) is 1.33. The fourth-order valence-corrected chi connectivity index (χ4v) is 1.03. The van der Waals surface area contributed by atoms with Crippen LogP contribution in [0.3, 0.4) is 0 Å². The maximum Gasteiger partial charge on any atom is 0.335 e. The smallest absolute Gasteiger partial charge is 0.335 e. The lowest BCUT2D eigenvalue weighted by Gasteiger charge is -2.05. The minimum absolute atomic E-state index is 0.452. The van der Waals surface area contributed by atoms with Gasteiger partial charge in [0.05, 0.1) is 11.0 Å². The van der Waals surface area contributed by atoms with Crippen molar-refractivity contribution in [2.24, 2.45) is 0 Å². The number of carbonyl (C=O) groups is 1. The molecule has 4 heteroatoms. The summed E-state index contributed by atoms with van der Waals surface area (Å²) in [7, 11) is 0. The van der Waals surface area contributed by atoms with Crippen LogP contribution in [0.25, 0.3) is 11.0 Å². The summed E-state index contributed by atoms with van der Waals surface area (Å²) in [6.07, 6.45) is 1.13. The highest BCUT2D eigenvalue weighted by Crippen LogP contribution is 2.18. The van der Waals surface area contributed by atoms with Crippen LogP contribution in [0, 0.1) is 0 Å². The lowest BCUT2D eigenvalue weighted by Crippen LogP contribution is -2.03. The van der Waals surface area contributed by atoms with Crippen molar-refractivity contribution in [3.8, 4) is 5.75 Å². The van der Waals surface area contributed by atoms with E-state index in [1.54, 1.807) is 12.1 Å². The number of aromatic amines is 2. The second-order valence-electron chi connectivity index (χ2n) is 2.58. The van der Waals surface area contributed by atoms with Gasteiger partial charge in [0.15, 0.2) is 0 Å². The molecular formula is C9H8N2O2. The lowest BCUT2D eigenvalue weighted by molar-refractivity contribution is -0.128. The van der Waals surface area contributed by atoms with Crippen LogP contribution < -0.4 is 4.74 Å². The number of benzene rings is 1. The van der Waals surface area contributed by atoms with E-state index in [0.717, 1.165) is 17.1 Å². The lowest BCUT2D eigenvalue weighted by atomic mass is 10.3. The first-order valence-corrected chi connectivity index (χ1v) is 3.80. The number of hydrogen-bond donors (Lipinski definition) is 2. The number of esters is 1. The first-order valence-electron chi connectivity index (χ1n) is 3.80. The predicted octanol–water partition coefficient (Wildman–Crippen LogP) is 1.59. The largest absolute Gasteiger partial charge is 0.423 e. The highest BCUT2D eigenvalue weighted by Gasteiger charge is 2.02. The molecule has 13 heavy (non-hydrogen) atoms. The summed E-state index contributed by atoms with van der Waals surface area (Å²) in [6.45, 7) is 3.31. The molecule has 0 aliphatic rings. The van der Waals surface area contributed by atoms with Gasteiger partial charge in [0.2, 0.25) is 0 Å². The van der Waals surface area contributed by atoms with E-state index in [9.17, 15) is 4.79 Å².